The number of nitrogens with one attached hydrogen (secondary N) is 3. The molecule has 1 heterocycles. The molecule has 28 heavy (non-hydrogen) atoms. The van der Waals surface area contributed by atoms with Crippen molar-refractivity contribution in [2.45, 2.75) is 32.5 Å². The lowest BCUT2D eigenvalue weighted by atomic mass is 10.2. The van der Waals surface area contributed by atoms with Gasteiger partial charge in [-0.15, -0.1) is 0 Å². The van der Waals surface area contributed by atoms with E-state index in [9.17, 15) is 14.0 Å². The minimum absolute atomic E-state index is 0.0885. The van der Waals surface area contributed by atoms with E-state index < -0.39 is 29.7 Å². The zero-order chi connectivity index (χ0) is 20.7. The van der Waals surface area contributed by atoms with Crippen LogP contribution in [-0.2, 0) is 9.47 Å². The van der Waals surface area contributed by atoms with Crippen LogP contribution in [0.15, 0.2) is 18.2 Å². The van der Waals surface area contributed by atoms with Crippen LogP contribution in [0.2, 0.25) is 0 Å². The van der Waals surface area contributed by atoms with Crippen LogP contribution < -0.4 is 20.9 Å². The van der Waals surface area contributed by atoms with E-state index in [0.29, 0.717) is 18.8 Å². The van der Waals surface area contributed by atoms with Gasteiger partial charge in [0.25, 0.3) is 0 Å². The van der Waals surface area contributed by atoms with E-state index in [2.05, 4.69) is 16.0 Å². The minimum atomic E-state index is -0.625. The molecule has 152 valence electrons. The van der Waals surface area contributed by atoms with Crippen LogP contribution in [0.5, 0.6) is 0 Å². The Balaban J connectivity index is 1.90. The van der Waals surface area contributed by atoms with Crippen LogP contribution in [0.3, 0.4) is 0 Å². The number of rotatable bonds is 7. The Labute approximate surface area is 162 Å². The number of hydrogen-bond acceptors (Lipinski definition) is 7. The van der Waals surface area contributed by atoms with Crippen LogP contribution >= 0.6 is 0 Å². The van der Waals surface area contributed by atoms with Gasteiger partial charge in [0.1, 0.15) is 17.5 Å². The lowest BCUT2D eigenvalue weighted by Crippen LogP contribution is -2.38. The van der Waals surface area contributed by atoms with E-state index in [0.717, 1.165) is 0 Å². The molecule has 1 fully saturated rings. The van der Waals surface area contributed by atoms with Crippen LogP contribution in [0, 0.1) is 17.3 Å². The Morgan fingerprint density at radius 2 is 2.18 bits per heavy atom. The molecule has 0 radical (unpaired) electrons. The number of anilines is 2. The van der Waals surface area contributed by atoms with Gasteiger partial charge in [-0.25, -0.2) is 14.0 Å². The Morgan fingerprint density at radius 1 is 1.43 bits per heavy atom. The maximum absolute atomic E-state index is 14.2. The molecule has 3 N–H and O–H groups in total. The van der Waals surface area contributed by atoms with Gasteiger partial charge in [0.15, 0.2) is 6.19 Å². The van der Waals surface area contributed by atoms with Crippen molar-refractivity contribution in [3.63, 3.8) is 0 Å². The summed E-state index contributed by atoms with van der Waals surface area (Å²) in [7, 11) is 0. The molecule has 1 aliphatic heterocycles. The van der Waals surface area contributed by atoms with Crippen molar-refractivity contribution >= 4 is 23.6 Å². The molecular weight excluding hydrogens is 369 g/mol. The second-order valence-electron chi connectivity index (χ2n) is 7.13. The van der Waals surface area contributed by atoms with Gasteiger partial charge in [-0.1, -0.05) is 0 Å². The minimum Gasteiger partial charge on any atom is -0.444 e. The highest BCUT2D eigenvalue weighted by molar-refractivity contribution is 5.90. The summed E-state index contributed by atoms with van der Waals surface area (Å²) in [6.45, 7) is 6.24. The SMILES string of the molecule is CC(C)(C)OC(=O)NC[C@H]1CN(c2ccc(NCCNC#N)c(F)c2)C(=O)O1. The van der Waals surface area contributed by atoms with E-state index in [1.165, 1.54) is 17.0 Å². The summed E-state index contributed by atoms with van der Waals surface area (Å²) in [5.74, 6) is -0.530. The first-order chi connectivity index (χ1) is 13.2. The summed E-state index contributed by atoms with van der Waals surface area (Å²) in [6.07, 6.45) is -0.0141. The van der Waals surface area contributed by atoms with E-state index in [1.807, 2.05) is 0 Å². The average Bonchev–Trinajstić information content (AvgIpc) is 2.97. The lowest BCUT2D eigenvalue weighted by molar-refractivity contribution is 0.0496. The molecule has 0 saturated carbocycles. The molecule has 0 unspecified atom stereocenters. The second kappa shape index (κ2) is 9.12. The molecule has 0 aromatic heterocycles. The van der Waals surface area contributed by atoms with Crippen molar-refractivity contribution in [2.24, 2.45) is 0 Å². The third-order valence-electron chi connectivity index (χ3n) is 3.66. The highest BCUT2D eigenvalue weighted by Crippen LogP contribution is 2.25. The van der Waals surface area contributed by atoms with Crippen molar-refractivity contribution in [3.05, 3.63) is 24.0 Å². The van der Waals surface area contributed by atoms with Crippen molar-refractivity contribution in [1.82, 2.24) is 10.6 Å². The number of benzene rings is 1. The van der Waals surface area contributed by atoms with Crippen LogP contribution in [0.25, 0.3) is 0 Å². The number of nitrogens with zero attached hydrogens (tertiary/aromatic N) is 2. The summed E-state index contributed by atoms with van der Waals surface area (Å²) in [6, 6.07) is 4.33. The van der Waals surface area contributed by atoms with Crippen LogP contribution in [0.4, 0.5) is 25.4 Å². The molecule has 9 nitrogen and oxygen atoms in total. The van der Waals surface area contributed by atoms with Gasteiger partial charge >= 0.3 is 12.2 Å². The van der Waals surface area contributed by atoms with Crippen molar-refractivity contribution in [3.8, 4) is 6.19 Å². The Bertz CT molecular complexity index is 759. The number of carbonyl (C=O) groups excluding carboxylic acids is 2. The molecule has 0 aliphatic carbocycles. The number of hydrogen-bond donors (Lipinski definition) is 3. The quantitative estimate of drug-likeness (QED) is 0.369. The molecule has 0 bridgehead atoms. The molecule has 1 aliphatic rings. The second-order valence-corrected chi connectivity index (χ2v) is 7.13. The maximum Gasteiger partial charge on any atom is 0.414 e. The Kier molecular flexibility index (Phi) is 6.87. The van der Waals surface area contributed by atoms with Gasteiger partial charge < -0.3 is 25.4 Å². The molecule has 1 aromatic rings. The standard InChI is InChI=1S/C18H24FN5O4/c1-18(2,3)28-16(25)23-9-13-10-24(17(26)27-13)12-4-5-15(14(19)8-12)22-7-6-21-11-20/h4-5,8,13,21-22H,6-7,9-10H2,1-3H3,(H,23,25)/t13-/m0/s1. The number of carbonyl (C=O) groups is 2. The van der Waals surface area contributed by atoms with Crippen molar-refractivity contribution in [2.75, 3.05) is 36.4 Å². The Hall–Kier alpha value is -3.22. The molecule has 0 spiro atoms. The number of amides is 2. The summed E-state index contributed by atoms with van der Waals surface area (Å²) in [4.78, 5) is 25.1. The van der Waals surface area contributed by atoms with E-state index >= 15 is 0 Å². The average molecular weight is 393 g/mol. The zero-order valence-electron chi connectivity index (χ0n) is 16.0. The molecule has 10 heteroatoms. The lowest BCUT2D eigenvalue weighted by Gasteiger charge is -2.20. The Morgan fingerprint density at radius 3 is 2.82 bits per heavy atom. The summed E-state index contributed by atoms with van der Waals surface area (Å²) < 4.78 is 24.6. The van der Waals surface area contributed by atoms with Gasteiger partial charge in [-0.2, -0.15) is 5.26 Å². The monoisotopic (exact) mass is 393 g/mol. The third kappa shape index (κ3) is 6.19. The fraction of sp³-hybridized carbons (Fsp3) is 0.500. The van der Waals surface area contributed by atoms with Crippen LogP contribution in [0.1, 0.15) is 20.8 Å². The van der Waals surface area contributed by atoms with Gasteiger partial charge in [-0.3, -0.25) is 4.90 Å². The third-order valence-corrected chi connectivity index (χ3v) is 3.66. The fourth-order valence-electron chi connectivity index (χ4n) is 2.48. The first kappa shape index (κ1) is 21.1. The molecular formula is C18H24FN5O4. The van der Waals surface area contributed by atoms with Crippen LogP contribution in [-0.4, -0.2) is 50.1 Å². The number of nitriles is 1. The van der Waals surface area contributed by atoms with Crippen molar-refractivity contribution in [1.29, 1.82) is 5.26 Å². The van der Waals surface area contributed by atoms with E-state index in [1.54, 1.807) is 33.0 Å². The number of alkyl carbamates (subject to hydrolysis) is 1. The highest BCUT2D eigenvalue weighted by Gasteiger charge is 2.33. The molecule has 2 rings (SSSR count). The molecule has 1 aromatic carbocycles. The fourth-order valence-corrected chi connectivity index (χ4v) is 2.48. The van der Waals surface area contributed by atoms with Gasteiger partial charge in [0.05, 0.1) is 24.5 Å². The number of cyclic esters (lactones) is 1. The number of halogens is 1. The summed E-state index contributed by atoms with van der Waals surface area (Å²) in [5.41, 5.74) is -0.0114. The van der Waals surface area contributed by atoms with Gasteiger partial charge in [0.2, 0.25) is 0 Å². The largest absolute Gasteiger partial charge is 0.444 e. The summed E-state index contributed by atoms with van der Waals surface area (Å²) in [5, 5.41) is 16.2. The molecule has 2 amide bonds. The van der Waals surface area contributed by atoms with Gasteiger partial charge in [0, 0.05) is 13.1 Å². The predicted molar refractivity (Wildman–Crippen MR) is 100 cm³/mol. The topological polar surface area (TPSA) is 116 Å². The van der Waals surface area contributed by atoms with E-state index in [4.69, 9.17) is 14.7 Å². The summed E-state index contributed by atoms with van der Waals surface area (Å²) >= 11 is 0. The number of ether oxygens (including phenoxy) is 2. The van der Waals surface area contributed by atoms with Gasteiger partial charge in [-0.05, 0) is 39.0 Å². The smallest absolute Gasteiger partial charge is 0.414 e. The molecule has 1 saturated heterocycles. The molecule has 1 atom stereocenters. The first-order valence-corrected chi connectivity index (χ1v) is 8.80. The zero-order valence-corrected chi connectivity index (χ0v) is 16.0. The first-order valence-electron chi connectivity index (χ1n) is 8.80. The van der Waals surface area contributed by atoms with E-state index in [-0.39, 0.29) is 18.8 Å². The maximum atomic E-state index is 14.2. The van der Waals surface area contributed by atoms with Crippen molar-refractivity contribution < 1.29 is 23.5 Å². The predicted octanol–water partition coefficient (Wildman–Crippen LogP) is 2.16. The normalized spacial score (nSPS) is 16.2. The highest BCUT2D eigenvalue weighted by atomic mass is 19.1.